The Morgan fingerprint density at radius 3 is 2.90 bits per heavy atom. The average Bonchev–Trinajstić information content (AvgIpc) is 2.90. The van der Waals surface area contributed by atoms with E-state index in [1.165, 1.54) is 25.5 Å². The van der Waals surface area contributed by atoms with E-state index in [9.17, 15) is 9.90 Å². The molecule has 1 saturated carbocycles. The van der Waals surface area contributed by atoms with E-state index in [0.717, 1.165) is 24.2 Å². The fourth-order valence-corrected chi connectivity index (χ4v) is 3.65. The molecule has 2 aliphatic rings. The van der Waals surface area contributed by atoms with Gasteiger partial charge in [0.1, 0.15) is 24.3 Å². The third-order valence-corrected chi connectivity index (χ3v) is 5.20. The molecule has 0 unspecified atom stereocenters. The molecule has 2 aromatic rings. The largest absolute Gasteiger partial charge is 0.489 e. The molecule has 9 nitrogen and oxygen atoms in total. The minimum absolute atomic E-state index is 0.251. The quantitative estimate of drug-likeness (QED) is 0.518. The molecule has 9 heteroatoms. The van der Waals surface area contributed by atoms with Gasteiger partial charge in [-0.05, 0) is 31.0 Å². The Hall–Kier alpha value is -3.07. The van der Waals surface area contributed by atoms with Crippen molar-refractivity contribution in [3.8, 4) is 5.75 Å². The number of rotatable bonds is 5. The molecule has 154 valence electrons. The average molecular weight is 398 g/mol. The van der Waals surface area contributed by atoms with Gasteiger partial charge in [-0.3, -0.25) is 4.79 Å². The number of nitrogens with zero attached hydrogens (tertiary/aromatic N) is 2. The summed E-state index contributed by atoms with van der Waals surface area (Å²) in [4.78, 5) is 20.5. The maximum atomic E-state index is 11.8. The zero-order valence-electron chi connectivity index (χ0n) is 16.1. The molecule has 0 radical (unpaired) electrons. The van der Waals surface area contributed by atoms with Gasteiger partial charge < -0.3 is 31.5 Å². The van der Waals surface area contributed by atoms with Crippen molar-refractivity contribution in [2.75, 3.05) is 29.1 Å². The molecule has 1 atom stereocenters. The van der Waals surface area contributed by atoms with Crippen molar-refractivity contribution >= 4 is 29.0 Å². The van der Waals surface area contributed by atoms with Gasteiger partial charge in [-0.2, -0.15) is 4.98 Å². The second-order valence-corrected chi connectivity index (χ2v) is 7.48. The minimum Gasteiger partial charge on any atom is -0.489 e. The van der Waals surface area contributed by atoms with E-state index in [1.54, 1.807) is 0 Å². The molecule has 1 amide bonds. The third-order valence-electron chi connectivity index (χ3n) is 5.20. The fraction of sp³-hybridized carbons (Fsp3) is 0.450. The molecule has 0 bridgehead atoms. The van der Waals surface area contributed by atoms with Crippen LogP contribution in [0.1, 0.15) is 42.5 Å². The number of β-amino-alcohol motifs (C(OH)–C–C–N with tert-alkyl or cyclic N) is 1. The normalized spacial score (nSPS) is 19.3. The Bertz CT molecular complexity index is 885. The summed E-state index contributed by atoms with van der Waals surface area (Å²) in [6.45, 7) is 0.663. The number of fused-ring (bicyclic) bond motifs is 1. The number of aliphatic hydroxyl groups is 1. The number of benzene rings is 1. The molecule has 1 aliphatic heterocycles. The standard InChI is InChI=1S/C20H26N6O3/c21-18(28)15-10-23-20(26-19(15)24-12-4-2-1-3-5-12)25-13-6-7-17-16(8-13)22-9-14(27)11-29-17/h6-8,10,12,14,22,27H,1-5,9,11H2,(H2,21,28)(H2,23,24,25,26)/t14-/m1/s1. The number of carbonyl (C=O) groups excluding carboxylic acids is 1. The molecule has 0 spiro atoms. The van der Waals surface area contributed by atoms with Crippen LogP contribution in [-0.4, -0.2) is 46.3 Å². The van der Waals surface area contributed by atoms with Crippen molar-refractivity contribution in [2.45, 2.75) is 44.2 Å². The number of nitrogens with two attached hydrogens (primary N) is 1. The molecule has 29 heavy (non-hydrogen) atoms. The van der Waals surface area contributed by atoms with Crippen molar-refractivity contribution in [1.82, 2.24) is 9.97 Å². The highest BCUT2D eigenvalue weighted by atomic mass is 16.5. The van der Waals surface area contributed by atoms with Crippen LogP contribution in [0.2, 0.25) is 0 Å². The Balaban J connectivity index is 1.54. The number of hydrogen-bond donors (Lipinski definition) is 5. The SMILES string of the molecule is NC(=O)c1cnc(Nc2ccc3c(c2)NC[C@@H](O)CO3)nc1NC1CCCCC1. The molecule has 1 aromatic carbocycles. The third kappa shape index (κ3) is 4.68. The number of aromatic nitrogens is 2. The molecule has 1 aliphatic carbocycles. The number of ether oxygens (including phenoxy) is 1. The van der Waals surface area contributed by atoms with E-state index in [2.05, 4.69) is 25.9 Å². The summed E-state index contributed by atoms with van der Waals surface area (Å²) in [6, 6.07) is 5.82. The first-order chi connectivity index (χ1) is 14.1. The monoisotopic (exact) mass is 398 g/mol. The molecule has 0 saturated heterocycles. The predicted octanol–water partition coefficient (Wildman–Crippen LogP) is 2.23. The van der Waals surface area contributed by atoms with Gasteiger partial charge in [-0.15, -0.1) is 0 Å². The van der Waals surface area contributed by atoms with E-state index in [-0.39, 0.29) is 18.2 Å². The second kappa shape index (κ2) is 8.52. The van der Waals surface area contributed by atoms with Gasteiger partial charge in [0.25, 0.3) is 5.91 Å². The van der Waals surface area contributed by atoms with Crippen molar-refractivity contribution in [2.24, 2.45) is 5.73 Å². The maximum absolute atomic E-state index is 11.8. The van der Waals surface area contributed by atoms with Gasteiger partial charge in [0.15, 0.2) is 0 Å². The number of aliphatic hydroxyl groups excluding tert-OH is 1. The zero-order chi connectivity index (χ0) is 20.2. The summed E-state index contributed by atoms with van der Waals surface area (Å²) in [5.74, 6) is 0.945. The second-order valence-electron chi connectivity index (χ2n) is 7.48. The zero-order valence-corrected chi connectivity index (χ0v) is 16.1. The van der Waals surface area contributed by atoms with Crippen molar-refractivity contribution in [3.05, 3.63) is 30.0 Å². The number of hydrogen-bond acceptors (Lipinski definition) is 8. The highest BCUT2D eigenvalue weighted by molar-refractivity contribution is 5.97. The minimum atomic E-state index is -0.558. The van der Waals surface area contributed by atoms with E-state index >= 15 is 0 Å². The molecule has 1 fully saturated rings. The molecule has 6 N–H and O–H groups in total. The highest BCUT2D eigenvalue weighted by Crippen LogP contribution is 2.31. The highest BCUT2D eigenvalue weighted by Gasteiger charge is 2.19. The van der Waals surface area contributed by atoms with Crippen LogP contribution in [0.4, 0.5) is 23.1 Å². The van der Waals surface area contributed by atoms with Crippen LogP contribution in [0.25, 0.3) is 0 Å². The van der Waals surface area contributed by atoms with Gasteiger partial charge in [-0.1, -0.05) is 19.3 Å². The number of primary amides is 1. The molecular weight excluding hydrogens is 372 g/mol. The summed E-state index contributed by atoms with van der Waals surface area (Å²) in [6.07, 6.45) is 6.56. The maximum Gasteiger partial charge on any atom is 0.254 e. The Kier molecular flexibility index (Phi) is 5.66. The van der Waals surface area contributed by atoms with Crippen molar-refractivity contribution in [3.63, 3.8) is 0 Å². The smallest absolute Gasteiger partial charge is 0.254 e. The predicted molar refractivity (Wildman–Crippen MR) is 111 cm³/mol. The lowest BCUT2D eigenvalue weighted by Gasteiger charge is -2.24. The van der Waals surface area contributed by atoms with Crippen LogP contribution in [0.15, 0.2) is 24.4 Å². The van der Waals surface area contributed by atoms with Crippen molar-refractivity contribution in [1.29, 1.82) is 0 Å². The van der Waals surface area contributed by atoms with Crippen LogP contribution in [0.5, 0.6) is 5.75 Å². The Labute approximate surface area is 169 Å². The lowest BCUT2D eigenvalue weighted by molar-refractivity contribution is 0.100. The van der Waals surface area contributed by atoms with E-state index < -0.39 is 12.0 Å². The first-order valence-corrected chi connectivity index (χ1v) is 9.97. The number of anilines is 4. The van der Waals surface area contributed by atoms with Crippen LogP contribution < -0.4 is 26.4 Å². The molecule has 1 aromatic heterocycles. The van der Waals surface area contributed by atoms with Gasteiger partial charge >= 0.3 is 0 Å². The summed E-state index contributed by atoms with van der Waals surface area (Å²) in [7, 11) is 0. The molecule has 2 heterocycles. The number of carbonyl (C=O) groups is 1. The first-order valence-electron chi connectivity index (χ1n) is 9.97. The Morgan fingerprint density at radius 1 is 1.28 bits per heavy atom. The van der Waals surface area contributed by atoms with Crippen LogP contribution in [0, 0.1) is 0 Å². The summed E-state index contributed by atoms with van der Waals surface area (Å²) in [5.41, 5.74) is 7.32. The molecular formula is C20H26N6O3. The molecule has 4 rings (SSSR count). The summed E-state index contributed by atoms with van der Waals surface area (Å²) < 4.78 is 5.58. The Morgan fingerprint density at radius 2 is 2.10 bits per heavy atom. The number of amides is 1. The lowest BCUT2D eigenvalue weighted by Crippen LogP contribution is -2.26. The number of nitrogens with one attached hydrogen (secondary N) is 3. The summed E-state index contributed by atoms with van der Waals surface area (Å²) >= 11 is 0. The topological polar surface area (TPSA) is 134 Å². The fourth-order valence-electron chi connectivity index (χ4n) is 3.65. The van der Waals surface area contributed by atoms with Crippen LogP contribution in [0.3, 0.4) is 0 Å². The summed E-state index contributed by atoms with van der Waals surface area (Å²) in [5, 5.41) is 19.4. The van der Waals surface area contributed by atoms with Gasteiger partial charge in [0, 0.05) is 24.5 Å². The van der Waals surface area contributed by atoms with E-state index in [0.29, 0.717) is 24.1 Å². The van der Waals surface area contributed by atoms with Crippen LogP contribution >= 0.6 is 0 Å². The van der Waals surface area contributed by atoms with Crippen molar-refractivity contribution < 1.29 is 14.6 Å². The first kappa shape index (κ1) is 19.3. The van der Waals surface area contributed by atoms with E-state index in [1.807, 2.05) is 18.2 Å². The van der Waals surface area contributed by atoms with Crippen LogP contribution in [-0.2, 0) is 0 Å². The van der Waals surface area contributed by atoms with Gasteiger partial charge in [0.2, 0.25) is 5.95 Å². The van der Waals surface area contributed by atoms with Gasteiger partial charge in [0.05, 0.1) is 11.3 Å². The van der Waals surface area contributed by atoms with E-state index in [4.69, 9.17) is 10.5 Å². The van der Waals surface area contributed by atoms with Gasteiger partial charge in [-0.25, -0.2) is 4.98 Å². The lowest BCUT2D eigenvalue weighted by atomic mass is 9.95.